The van der Waals surface area contributed by atoms with E-state index in [1.54, 1.807) is 0 Å². The first-order valence-electron chi connectivity index (χ1n) is 7.19. The van der Waals surface area contributed by atoms with Gasteiger partial charge >= 0.3 is 12.1 Å². The van der Waals surface area contributed by atoms with E-state index in [0.717, 1.165) is 0 Å². The van der Waals surface area contributed by atoms with Crippen LogP contribution in [0.5, 0.6) is 0 Å². The Hall–Kier alpha value is -2.91. The van der Waals surface area contributed by atoms with Gasteiger partial charge in [-0.15, -0.1) is 0 Å². The molecule has 0 aliphatic rings. The fraction of sp³-hybridized carbons (Fsp3) is 0.333. The highest BCUT2D eigenvalue weighted by molar-refractivity contribution is 5.92. The van der Waals surface area contributed by atoms with Crippen LogP contribution in [0.1, 0.15) is 28.3 Å². The van der Waals surface area contributed by atoms with Crippen molar-refractivity contribution in [1.82, 2.24) is 19.9 Å². The fourth-order valence-electron chi connectivity index (χ4n) is 2.01. The van der Waals surface area contributed by atoms with Crippen LogP contribution in [0.25, 0.3) is 5.65 Å². The first-order chi connectivity index (χ1) is 11.7. The summed E-state index contributed by atoms with van der Waals surface area (Å²) in [6.07, 6.45) is -1.71. The van der Waals surface area contributed by atoms with Gasteiger partial charge in [-0.25, -0.2) is 14.3 Å². The van der Waals surface area contributed by atoms with Gasteiger partial charge in [0.15, 0.2) is 11.3 Å². The van der Waals surface area contributed by atoms with Crippen molar-refractivity contribution >= 4 is 17.5 Å². The molecule has 134 valence electrons. The van der Waals surface area contributed by atoms with Crippen molar-refractivity contribution in [1.29, 1.82) is 0 Å². The maximum atomic E-state index is 13.2. The summed E-state index contributed by atoms with van der Waals surface area (Å²) < 4.78 is 44.5. The van der Waals surface area contributed by atoms with Gasteiger partial charge < -0.3 is 10.1 Å². The molecule has 0 aliphatic carbocycles. The monoisotopic (exact) mass is 356 g/mol. The summed E-state index contributed by atoms with van der Waals surface area (Å²) in [5, 5.41) is 6.18. The van der Waals surface area contributed by atoms with E-state index in [2.05, 4.69) is 20.1 Å². The number of hydrogen-bond donors (Lipinski definition) is 1. The third kappa shape index (κ3) is 4.55. The normalized spacial score (nSPS) is 11.9. The molecule has 0 atom stereocenters. The Morgan fingerprint density at radius 3 is 2.72 bits per heavy atom. The Bertz CT molecular complexity index is 827. The zero-order valence-corrected chi connectivity index (χ0v) is 13.4. The van der Waals surface area contributed by atoms with E-state index in [-0.39, 0.29) is 17.9 Å². The average molecular weight is 356 g/mol. The molecule has 7 nitrogen and oxygen atoms in total. The van der Waals surface area contributed by atoms with Gasteiger partial charge in [0.1, 0.15) is 5.69 Å². The Morgan fingerprint density at radius 1 is 1.36 bits per heavy atom. The molecule has 0 fully saturated rings. The maximum Gasteiger partial charge on any atom is 0.433 e. The van der Waals surface area contributed by atoms with E-state index in [4.69, 9.17) is 0 Å². The minimum atomic E-state index is -4.68. The Kier molecular flexibility index (Phi) is 5.40. The molecule has 0 aromatic carbocycles. The van der Waals surface area contributed by atoms with E-state index in [9.17, 15) is 22.8 Å². The van der Waals surface area contributed by atoms with Crippen molar-refractivity contribution in [3.63, 3.8) is 0 Å². The van der Waals surface area contributed by atoms with Crippen molar-refractivity contribution in [2.75, 3.05) is 13.7 Å². The van der Waals surface area contributed by atoms with E-state index in [1.807, 2.05) is 0 Å². The number of rotatable bonds is 5. The predicted octanol–water partition coefficient (Wildman–Crippen LogP) is 1.91. The molecule has 2 rings (SSSR count). The number of ether oxygens (including phenoxy) is 1. The van der Waals surface area contributed by atoms with Crippen LogP contribution in [-0.2, 0) is 15.7 Å². The second-order valence-corrected chi connectivity index (χ2v) is 5.05. The first kappa shape index (κ1) is 18.4. The number of carbonyl (C=O) groups excluding carboxylic acids is 2. The number of amides is 1. The predicted molar refractivity (Wildman–Crippen MR) is 80.8 cm³/mol. The highest BCUT2D eigenvalue weighted by Gasteiger charge is 2.35. The molecule has 1 N–H and O–H groups in total. The van der Waals surface area contributed by atoms with E-state index in [0.29, 0.717) is 22.7 Å². The van der Waals surface area contributed by atoms with Crippen LogP contribution in [-0.4, -0.2) is 40.1 Å². The minimum absolute atomic E-state index is 0.0666. The standard InChI is InChI=1S/C15H15F3N4O3/c1-9-7-12-20-10(8-11(15(16,17)18)22(12)21-9)14(24)19-6-4-3-5-13(23)25-2/h3,5,7-8H,4,6H2,1-2H3,(H,19,24)/b5-3+. The molecule has 25 heavy (non-hydrogen) atoms. The molecule has 0 spiro atoms. The van der Waals surface area contributed by atoms with Gasteiger partial charge in [0.2, 0.25) is 0 Å². The number of hydrogen-bond acceptors (Lipinski definition) is 5. The number of aryl methyl sites for hydroxylation is 1. The maximum absolute atomic E-state index is 13.2. The first-order valence-corrected chi connectivity index (χ1v) is 7.19. The zero-order chi connectivity index (χ0) is 18.6. The van der Waals surface area contributed by atoms with Crippen LogP contribution < -0.4 is 5.32 Å². The zero-order valence-electron chi connectivity index (χ0n) is 13.4. The molecular formula is C15H15F3N4O3. The third-order valence-corrected chi connectivity index (χ3v) is 3.12. The molecule has 1 amide bonds. The number of esters is 1. The lowest BCUT2D eigenvalue weighted by Gasteiger charge is -2.10. The Labute approximate surface area is 140 Å². The lowest BCUT2D eigenvalue weighted by Crippen LogP contribution is -2.26. The highest BCUT2D eigenvalue weighted by atomic mass is 19.4. The summed E-state index contributed by atoms with van der Waals surface area (Å²) in [4.78, 5) is 26.8. The fourth-order valence-corrected chi connectivity index (χ4v) is 2.01. The van der Waals surface area contributed by atoms with Crippen LogP contribution in [0.15, 0.2) is 24.3 Å². The Balaban J connectivity index is 2.16. The topological polar surface area (TPSA) is 85.6 Å². The molecule has 0 saturated carbocycles. The number of fused-ring (bicyclic) bond motifs is 1. The number of nitrogens with one attached hydrogen (secondary N) is 1. The van der Waals surface area contributed by atoms with Gasteiger partial charge in [-0.05, 0) is 13.3 Å². The SMILES string of the molecule is COC(=O)/C=C/CCNC(=O)c1cc(C(F)(F)F)n2nc(C)cc2n1. The summed E-state index contributed by atoms with van der Waals surface area (Å²) in [7, 11) is 1.23. The lowest BCUT2D eigenvalue weighted by atomic mass is 10.3. The summed E-state index contributed by atoms with van der Waals surface area (Å²) in [5.74, 6) is -1.29. The van der Waals surface area contributed by atoms with Gasteiger partial charge in [-0.1, -0.05) is 6.08 Å². The molecule has 0 radical (unpaired) electrons. The summed E-state index contributed by atoms with van der Waals surface area (Å²) in [5.41, 5.74) is -1.16. The molecular weight excluding hydrogens is 341 g/mol. The summed E-state index contributed by atoms with van der Waals surface area (Å²) in [6.45, 7) is 1.65. The quantitative estimate of drug-likeness (QED) is 0.502. The number of nitrogens with zero attached hydrogens (tertiary/aromatic N) is 3. The van der Waals surface area contributed by atoms with Crippen molar-refractivity contribution in [3.8, 4) is 0 Å². The van der Waals surface area contributed by atoms with E-state index >= 15 is 0 Å². The van der Waals surface area contributed by atoms with Crippen molar-refractivity contribution in [2.24, 2.45) is 0 Å². The molecule has 0 bridgehead atoms. The molecule has 2 aromatic rings. The molecule has 0 aliphatic heterocycles. The second-order valence-electron chi connectivity index (χ2n) is 5.05. The van der Waals surface area contributed by atoms with Crippen molar-refractivity contribution in [2.45, 2.75) is 19.5 Å². The molecule has 0 unspecified atom stereocenters. The van der Waals surface area contributed by atoms with Crippen LogP contribution in [0, 0.1) is 6.92 Å². The van der Waals surface area contributed by atoms with Crippen LogP contribution >= 0.6 is 0 Å². The van der Waals surface area contributed by atoms with Gasteiger partial charge in [-0.2, -0.15) is 18.3 Å². The number of methoxy groups -OCH3 is 1. The van der Waals surface area contributed by atoms with Gasteiger partial charge in [0, 0.05) is 24.8 Å². The smallest absolute Gasteiger partial charge is 0.433 e. The number of halogens is 3. The average Bonchev–Trinajstić information content (AvgIpc) is 2.91. The number of carbonyl (C=O) groups is 2. The third-order valence-electron chi connectivity index (χ3n) is 3.12. The van der Waals surface area contributed by atoms with Crippen LogP contribution in [0.3, 0.4) is 0 Å². The molecule has 2 heterocycles. The summed E-state index contributed by atoms with van der Waals surface area (Å²) in [6, 6.07) is 2.00. The Morgan fingerprint density at radius 2 is 2.08 bits per heavy atom. The van der Waals surface area contributed by atoms with Gasteiger partial charge in [0.25, 0.3) is 5.91 Å². The van der Waals surface area contributed by atoms with Crippen molar-refractivity contribution in [3.05, 3.63) is 41.4 Å². The van der Waals surface area contributed by atoms with E-state index in [1.165, 1.54) is 32.3 Å². The van der Waals surface area contributed by atoms with E-state index < -0.39 is 23.7 Å². The summed E-state index contributed by atoms with van der Waals surface area (Å²) >= 11 is 0. The van der Waals surface area contributed by atoms with Crippen LogP contribution in [0.4, 0.5) is 13.2 Å². The van der Waals surface area contributed by atoms with Crippen LogP contribution in [0.2, 0.25) is 0 Å². The van der Waals surface area contributed by atoms with Gasteiger partial charge in [-0.3, -0.25) is 4.79 Å². The number of aromatic nitrogens is 3. The largest absolute Gasteiger partial charge is 0.466 e. The lowest BCUT2D eigenvalue weighted by molar-refractivity contribution is -0.142. The molecule has 2 aromatic heterocycles. The molecule has 0 saturated heterocycles. The number of alkyl halides is 3. The van der Waals surface area contributed by atoms with Gasteiger partial charge in [0.05, 0.1) is 12.8 Å². The van der Waals surface area contributed by atoms with Crippen molar-refractivity contribution < 1.29 is 27.5 Å². The molecule has 10 heteroatoms. The second kappa shape index (κ2) is 7.32. The minimum Gasteiger partial charge on any atom is -0.466 e. The highest BCUT2D eigenvalue weighted by Crippen LogP contribution is 2.29.